The van der Waals surface area contributed by atoms with Crippen molar-refractivity contribution < 1.29 is 18.6 Å². The van der Waals surface area contributed by atoms with Crippen LogP contribution in [0.2, 0.25) is 19.6 Å². The van der Waals surface area contributed by atoms with E-state index in [4.69, 9.17) is 0 Å². The second-order valence-electron chi connectivity index (χ2n) is 7.19. The van der Waals surface area contributed by atoms with Gasteiger partial charge in [-0.3, -0.25) is 12.2 Å². The Morgan fingerprint density at radius 2 is 1.62 bits per heavy atom. The van der Waals surface area contributed by atoms with E-state index >= 15 is 0 Å². The zero-order chi connectivity index (χ0) is 16.0. The van der Waals surface area contributed by atoms with E-state index in [1.54, 1.807) is 0 Å². The summed E-state index contributed by atoms with van der Waals surface area (Å²) in [5, 5.41) is 0. The van der Waals surface area contributed by atoms with Gasteiger partial charge in [-0.25, -0.2) is 17.7 Å². The smallest absolute Gasteiger partial charge is 0 e. The van der Waals surface area contributed by atoms with Crippen LogP contribution < -0.4 is 0 Å². The maximum absolute atomic E-state index is 3.91. The van der Waals surface area contributed by atoms with Gasteiger partial charge < -0.3 is 6.55 Å². The van der Waals surface area contributed by atoms with E-state index in [1.165, 1.54) is 16.7 Å². The number of hydrogen-bond acceptors (Lipinski definition) is 0. The molecule has 2 aliphatic carbocycles. The standard InChI is InChI=1S/C10H15.C5H5.C4H11Si.V/c1-7-6-10(4,5)9(3)8(7)2;1-2-4-5-3-1;1-5(2,3)4;/h1-5H3;1-3H,4H2;1H2,2-4H3;/q3*-1;. The van der Waals surface area contributed by atoms with Crippen molar-refractivity contribution in [2.75, 3.05) is 0 Å². The minimum Gasteiger partial charge on any atom is -0.342 e. The Balaban J connectivity index is 0. The average Bonchev–Trinajstić information content (AvgIpc) is 2.86. The number of allylic oxidation sites excluding steroid dienone is 8. The van der Waals surface area contributed by atoms with Gasteiger partial charge in [-0.2, -0.15) is 17.2 Å². The summed E-state index contributed by atoms with van der Waals surface area (Å²) in [4.78, 5) is 0. The van der Waals surface area contributed by atoms with Crippen LogP contribution in [0, 0.1) is 24.1 Å². The summed E-state index contributed by atoms with van der Waals surface area (Å²) in [5.41, 5.74) is 4.39. The molecule has 0 bridgehead atoms. The van der Waals surface area contributed by atoms with Crippen molar-refractivity contribution in [2.24, 2.45) is 5.41 Å². The second-order valence-corrected chi connectivity index (χ2v) is 12.3. The Kier molecular flexibility index (Phi) is 10.7. The molecule has 0 spiro atoms. The normalized spacial score (nSPS) is 18.2. The van der Waals surface area contributed by atoms with Crippen LogP contribution in [-0.4, -0.2) is 8.07 Å². The van der Waals surface area contributed by atoms with E-state index in [2.05, 4.69) is 79.0 Å². The van der Waals surface area contributed by atoms with Gasteiger partial charge in [0.1, 0.15) is 0 Å². The molecule has 2 aliphatic rings. The van der Waals surface area contributed by atoms with Crippen LogP contribution in [0.15, 0.2) is 34.9 Å². The SMILES string of the molecule is CC1=[C-]C(C)(C)C(C)=C1C.[C-]1=CC=CC1.[CH2-][Si](C)(C)C.[V]. The Morgan fingerprint density at radius 1 is 1.14 bits per heavy atom. The molecule has 2 rings (SSSR count). The molecule has 119 valence electrons. The zero-order valence-electron chi connectivity index (χ0n) is 15.1. The topological polar surface area (TPSA) is 0 Å². The molecule has 0 aromatic heterocycles. The number of hydrogen-bond donors (Lipinski definition) is 0. The molecule has 1 radical (unpaired) electrons. The Morgan fingerprint density at radius 3 is 1.71 bits per heavy atom. The quantitative estimate of drug-likeness (QED) is 0.369. The van der Waals surface area contributed by atoms with Gasteiger partial charge in [0.25, 0.3) is 0 Å². The molecule has 0 heterocycles. The fourth-order valence-corrected chi connectivity index (χ4v) is 1.75. The molecule has 0 aliphatic heterocycles. The van der Waals surface area contributed by atoms with E-state index in [-0.39, 0.29) is 24.0 Å². The second kappa shape index (κ2) is 9.71. The molecule has 0 N–H and O–H groups in total. The Labute approximate surface area is 146 Å². The van der Waals surface area contributed by atoms with Crippen molar-refractivity contribution in [2.45, 2.75) is 60.7 Å². The van der Waals surface area contributed by atoms with Gasteiger partial charge in [-0.15, -0.1) is 21.4 Å². The van der Waals surface area contributed by atoms with E-state index < -0.39 is 8.07 Å². The maximum Gasteiger partial charge on any atom is 0 e. The van der Waals surface area contributed by atoms with Crippen molar-refractivity contribution >= 4 is 8.07 Å². The van der Waals surface area contributed by atoms with Gasteiger partial charge in [-0.1, -0.05) is 52.8 Å². The van der Waals surface area contributed by atoms with Crippen LogP contribution >= 0.6 is 0 Å². The van der Waals surface area contributed by atoms with E-state index in [0.717, 1.165) is 6.42 Å². The monoisotopic (exact) mass is 338 g/mol. The van der Waals surface area contributed by atoms with Crippen LogP contribution in [0.5, 0.6) is 0 Å². The first-order valence-corrected chi connectivity index (χ1v) is 11.0. The molecule has 0 nitrogen and oxygen atoms in total. The fraction of sp³-hybridized carbons (Fsp3) is 0.526. The van der Waals surface area contributed by atoms with E-state index in [0.29, 0.717) is 0 Å². The summed E-state index contributed by atoms with van der Waals surface area (Å²) in [6.07, 6.45) is 13.4. The van der Waals surface area contributed by atoms with Crippen LogP contribution in [0.3, 0.4) is 0 Å². The van der Waals surface area contributed by atoms with Gasteiger partial charge >= 0.3 is 0 Å². The summed E-state index contributed by atoms with van der Waals surface area (Å²) in [6.45, 7) is 21.5. The van der Waals surface area contributed by atoms with Crippen molar-refractivity contribution in [1.29, 1.82) is 0 Å². The van der Waals surface area contributed by atoms with Crippen LogP contribution in [-0.2, 0) is 18.6 Å². The molecule has 0 aromatic carbocycles. The third-order valence-corrected chi connectivity index (χ3v) is 3.15. The first-order chi connectivity index (χ1) is 8.95. The molecule has 0 fully saturated rings. The van der Waals surface area contributed by atoms with Gasteiger partial charge in [-0.05, 0) is 0 Å². The van der Waals surface area contributed by atoms with Crippen molar-refractivity contribution in [3.63, 3.8) is 0 Å². The average molecular weight is 338 g/mol. The van der Waals surface area contributed by atoms with E-state index in [1.807, 2.05) is 12.2 Å². The minimum atomic E-state index is -0.861. The molecule has 2 heteroatoms. The first-order valence-electron chi connectivity index (χ1n) is 7.32. The molecule has 0 saturated carbocycles. The Hall–Kier alpha value is -0.239. The molecule has 0 amide bonds. The van der Waals surface area contributed by atoms with E-state index in [9.17, 15) is 0 Å². The van der Waals surface area contributed by atoms with Gasteiger partial charge in [0.05, 0.1) is 0 Å². The predicted molar refractivity (Wildman–Crippen MR) is 94.9 cm³/mol. The van der Waals surface area contributed by atoms with Crippen LogP contribution in [0.1, 0.15) is 41.0 Å². The zero-order valence-corrected chi connectivity index (χ0v) is 17.5. The van der Waals surface area contributed by atoms with Gasteiger partial charge in [0.2, 0.25) is 0 Å². The fourth-order valence-electron chi connectivity index (χ4n) is 1.75. The first kappa shape index (κ1) is 23.0. The molecule has 21 heavy (non-hydrogen) atoms. The third-order valence-electron chi connectivity index (χ3n) is 3.15. The largest absolute Gasteiger partial charge is 0.342 e. The summed E-state index contributed by atoms with van der Waals surface area (Å²) < 4.78 is 0. The third kappa shape index (κ3) is 11.0. The molecule has 0 aromatic rings. The van der Waals surface area contributed by atoms with Crippen molar-refractivity contribution in [3.8, 4) is 0 Å². The van der Waals surface area contributed by atoms with Crippen LogP contribution in [0.25, 0.3) is 0 Å². The van der Waals surface area contributed by atoms with Crippen molar-refractivity contribution in [1.82, 2.24) is 0 Å². The summed E-state index contributed by atoms with van der Waals surface area (Å²) >= 11 is 0. The summed E-state index contributed by atoms with van der Waals surface area (Å²) in [7, 11) is -0.861. The van der Waals surface area contributed by atoms with Gasteiger partial charge in [0, 0.05) is 18.6 Å². The summed E-state index contributed by atoms with van der Waals surface area (Å²) in [6, 6.07) is 0. The Bertz CT molecular complexity index is 413. The summed E-state index contributed by atoms with van der Waals surface area (Å²) in [5.74, 6) is 0. The van der Waals surface area contributed by atoms with Gasteiger partial charge in [0.15, 0.2) is 0 Å². The molecule has 0 unspecified atom stereocenters. The minimum absolute atomic E-state index is 0. The van der Waals surface area contributed by atoms with Crippen LogP contribution in [0.4, 0.5) is 0 Å². The molecular weight excluding hydrogens is 307 g/mol. The number of rotatable bonds is 0. The molecule has 0 atom stereocenters. The molecule has 0 saturated heterocycles. The van der Waals surface area contributed by atoms with Crippen molar-refractivity contribution in [3.05, 3.63) is 53.6 Å². The predicted octanol–water partition coefficient (Wildman–Crippen LogP) is 6.11. The molecular formula is C19H31SiV-3. The maximum atomic E-state index is 3.91.